The van der Waals surface area contributed by atoms with Crippen molar-refractivity contribution in [2.45, 2.75) is 115 Å². The predicted molar refractivity (Wildman–Crippen MR) is 162 cm³/mol. The van der Waals surface area contributed by atoms with Crippen LogP contribution in [0.4, 0.5) is 5.95 Å². The second-order valence-electron chi connectivity index (χ2n) is 14.8. The topological polar surface area (TPSA) is 116 Å². The van der Waals surface area contributed by atoms with Crippen LogP contribution in [0.25, 0.3) is 11.2 Å². The molecule has 2 aliphatic rings. The molecule has 4 heterocycles. The van der Waals surface area contributed by atoms with Crippen molar-refractivity contribution in [3.63, 3.8) is 0 Å². The van der Waals surface area contributed by atoms with Crippen LogP contribution in [0.5, 0.6) is 0 Å². The zero-order chi connectivity index (χ0) is 30.1. The number of hydrogen-bond acceptors (Lipinski definition) is 8. The van der Waals surface area contributed by atoms with Gasteiger partial charge in [0.05, 0.1) is 19.3 Å². The van der Waals surface area contributed by atoms with Gasteiger partial charge in [-0.15, -0.1) is 0 Å². The van der Waals surface area contributed by atoms with E-state index in [4.69, 9.17) is 18.0 Å². The molecule has 0 bridgehead atoms. The monoisotopic (exact) mass is 592 g/mol. The molecule has 0 saturated carbocycles. The standard InChI is InChI=1S/C27H48N6O5Si2/c1-25(2,3)39(12,13)37-20-19-17(14-35-40(38-19,26(4,5)6)27(7,8)9)36-23(20)33-16-28-18-21(33)30-24(31-22(18)34)29-15-32(10)11/h15-17,19-20,23H,14H2,1-13H3,(H,30,31,34)/t17-,19-,20-,23-/m1/s1. The van der Waals surface area contributed by atoms with Crippen LogP contribution < -0.4 is 5.56 Å². The zero-order valence-electron chi connectivity index (χ0n) is 26.4. The van der Waals surface area contributed by atoms with E-state index in [1.165, 1.54) is 0 Å². The molecule has 0 aliphatic carbocycles. The second-order valence-corrected chi connectivity index (χ2v) is 24.4. The van der Waals surface area contributed by atoms with Crippen molar-refractivity contribution in [3.05, 3.63) is 16.7 Å². The Morgan fingerprint density at radius 2 is 1.77 bits per heavy atom. The lowest BCUT2D eigenvalue weighted by Gasteiger charge is -2.54. The summed E-state index contributed by atoms with van der Waals surface area (Å²) < 4.78 is 29.5. The van der Waals surface area contributed by atoms with Crippen LogP contribution in [0.2, 0.25) is 28.2 Å². The van der Waals surface area contributed by atoms with Crippen molar-refractivity contribution in [1.29, 1.82) is 0 Å². The van der Waals surface area contributed by atoms with Gasteiger partial charge in [-0.3, -0.25) is 14.3 Å². The van der Waals surface area contributed by atoms with E-state index in [2.05, 4.69) is 95.4 Å². The Labute approximate surface area is 240 Å². The van der Waals surface area contributed by atoms with Gasteiger partial charge in [0.2, 0.25) is 5.95 Å². The van der Waals surface area contributed by atoms with Crippen LogP contribution in [0.3, 0.4) is 0 Å². The Morgan fingerprint density at radius 1 is 1.15 bits per heavy atom. The highest BCUT2D eigenvalue weighted by atomic mass is 28.4. The number of hydrogen-bond donors (Lipinski definition) is 1. The molecular weight excluding hydrogens is 545 g/mol. The quantitative estimate of drug-likeness (QED) is 0.290. The normalized spacial score (nSPS) is 26.0. The summed E-state index contributed by atoms with van der Waals surface area (Å²) in [5.41, 5.74) is 0.246. The summed E-state index contributed by atoms with van der Waals surface area (Å²) in [5.74, 6) is 0.191. The molecule has 2 saturated heterocycles. The fraction of sp³-hybridized carbons (Fsp3) is 0.778. The third-order valence-electron chi connectivity index (χ3n) is 8.35. The Kier molecular flexibility index (Phi) is 7.85. The summed E-state index contributed by atoms with van der Waals surface area (Å²) in [4.78, 5) is 30.7. The van der Waals surface area contributed by atoms with Crippen LogP contribution in [-0.2, 0) is 18.0 Å². The number of aromatic nitrogens is 4. The van der Waals surface area contributed by atoms with E-state index in [0.29, 0.717) is 12.3 Å². The van der Waals surface area contributed by atoms with E-state index in [1.807, 2.05) is 14.1 Å². The van der Waals surface area contributed by atoms with Crippen LogP contribution in [-0.4, -0.2) is 86.6 Å². The number of aromatic amines is 1. The summed E-state index contributed by atoms with van der Waals surface area (Å²) in [6.07, 6.45) is 1.46. The van der Waals surface area contributed by atoms with E-state index in [0.717, 1.165) is 0 Å². The summed E-state index contributed by atoms with van der Waals surface area (Å²) in [7, 11) is -1.40. The first-order valence-corrected chi connectivity index (χ1v) is 18.7. The number of nitrogens with one attached hydrogen (secondary N) is 1. The number of ether oxygens (including phenoxy) is 1. The van der Waals surface area contributed by atoms with Gasteiger partial charge in [-0.1, -0.05) is 62.3 Å². The van der Waals surface area contributed by atoms with E-state index >= 15 is 0 Å². The van der Waals surface area contributed by atoms with E-state index in [1.54, 1.807) is 22.1 Å². The molecule has 40 heavy (non-hydrogen) atoms. The van der Waals surface area contributed by atoms with Gasteiger partial charge in [-0.2, -0.15) is 4.98 Å². The third kappa shape index (κ3) is 5.36. The highest BCUT2D eigenvalue weighted by Gasteiger charge is 2.66. The van der Waals surface area contributed by atoms with Crippen LogP contribution >= 0.6 is 0 Å². The van der Waals surface area contributed by atoms with Crippen molar-refractivity contribution >= 4 is 40.3 Å². The van der Waals surface area contributed by atoms with E-state index < -0.39 is 29.2 Å². The summed E-state index contributed by atoms with van der Waals surface area (Å²) in [6.45, 7) is 24.8. The minimum Gasteiger partial charge on any atom is -0.407 e. The minimum absolute atomic E-state index is 0.0379. The summed E-state index contributed by atoms with van der Waals surface area (Å²) >= 11 is 0. The van der Waals surface area contributed by atoms with Gasteiger partial charge < -0.3 is 22.9 Å². The Hall–Kier alpha value is -1.91. The van der Waals surface area contributed by atoms with Crippen molar-refractivity contribution in [2.24, 2.45) is 4.99 Å². The number of H-pyrrole nitrogens is 1. The number of nitrogens with zero attached hydrogens (tertiary/aromatic N) is 5. The molecular formula is C27H48N6O5Si2. The van der Waals surface area contributed by atoms with Gasteiger partial charge in [0, 0.05) is 24.2 Å². The number of aliphatic imine (C=N–C) groups is 1. The van der Waals surface area contributed by atoms with Gasteiger partial charge in [0.25, 0.3) is 5.56 Å². The fourth-order valence-electron chi connectivity index (χ4n) is 5.52. The van der Waals surface area contributed by atoms with Crippen LogP contribution in [0.1, 0.15) is 68.5 Å². The SMILES string of the molecule is CN(C)C=Nc1nc2c(ncn2[C@@H]2O[C@@H]3CO[Si](C(C)(C)C)(C(C)(C)C)O[C@H]3[C@H]2O[Si](C)(C)C(C)(C)C)c(=O)[nH]1. The molecule has 4 rings (SSSR count). The number of imidazole rings is 1. The van der Waals surface area contributed by atoms with Gasteiger partial charge >= 0.3 is 8.56 Å². The molecule has 4 atom stereocenters. The highest BCUT2D eigenvalue weighted by Crippen LogP contribution is 2.56. The number of fused-ring (bicyclic) bond motifs is 2. The predicted octanol–water partition coefficient (Wildman–Crippen LogP) is 5.09. The molecule has 0 radical (unpaired) electrons. The maximum absolute atomic E-state index is 12.9. The summed E-state index contributed by atoms with van der Waals surface area (Å²) in [5, 5.41) is -0.415. The maximum Gasteiger partial charge on any atom is 0.349 e. The Balaban J connectivity index is 1.85. The average molecular weight is 593 g/mol. The van der Waals surface area contributed by atoms with Gasteiger partial charge in [0.1, 0.15) is 18.3 Å². The first kappa shape index (κ1) is 31.0. The zero-order valence-corrected chi connectivity index (χ0v) is 28.4. The van der Waals surface area contributed by atoms with E-state index in [9.17, 15) is 4.79 Å². The lowest BCUT2D eigenvalue weighted by Crippen LogP contribution is -2.66. The molecule has 2 aromatic rings. The lowest BCUT2D eigenvalue weighted by atomic mass is 10.1. The highest BCUT2D eigenvalue weighted by molar-refractivity contribution is 6.74. The maximum atomic E-state index is 12.9. The smallest absolute Gasteiger partial charge is 0.349 e. The molecule has 1 N–H and O–H groups in total. The Bertz CT molecular complexity index is 1300. The van der Waals surface area contributed by atoms with Gasteiger partial charge in [0.15, 0.2) is 25.7 Å². The van der Waals surface area contributed by atoms with Crippen molar-refractivity contribution in [2.75, 3.05) is 20.7 Å². The molecule has 2 fully saturated rings. The van der Waals surface area contributed by atoms with Crippen LogP contribution in [0.15, 0.2) is 16.1 Å². The fourth-order valence-corrected chi connectivity index (χ4v) is 11.8. The average Bonchev–Trinajstić information content (AvgIpc) is 3.36. The summed E-state index contributed by atoms with van der Waals surface area (Å²) in [6, 6.07) is 0. The molecule has 13 heteroatoms. The van der Waals surface area contributed by atoms with Crippen molar-refractivity contribution in [3.8, 4) is 0 Å². The molecule has 224 valence electrons. The van der Waals surface area contributed by atoms with E-state index in [-0.39, 0.29) is 44.3 Å². The molecule has 0 spiro atoms. The lowest BCUT2D eigenvalue weighted by molar-refractivity contribution is -0.0795. The minimum atomic E-state index is -2.81. The molecule has 11 nitrogen and oxygen atoms in total. The Morgan fingerprint density at radius 3 is 2.33 bits per heavy atom. The second kappa shape index (κ2) is 10.1. The van der Waals surface area contributed by atoms with Gasteiger partial charge in [-0.05, 0) is 18.1 Å². The molecule has 0 unspecified atom stereocenters. The molecule has 2 aliphatic heterocycles. The van der Waals surface area contributed by atoms with Crippen molar-refractivity contribution < 1.29 is 18.0 Å². The molecule has 0 amide bonds. The molecule has 2 aromatic heterocycles. The van der Waals surface area contributed by atoms with Gasteiger partial charge in [-0.25, -0.2) is 9.98 Å². The number of rotatable bonds is 5. The largest absolute Gasteiger partial charge is 0.407 e. The first-order valence-electron chi connectivity index (χ1n) is 14.0. The first-order chi connectivity index (χ1) is 18.2. The van der Waals surface area contributed by atoms with Crippen LogP contribution in [0, 0.1) is 0 Å². The molecule has 0 aromatic carbocycles. The third-order valence-corrected chi connectivity index (χ3v) is 18.0. The van der Waals surface area contributed by atoms with Crippen molar-refractivity contribution in [1.82, 2.24) is 24.4 Å².